The Morgan fingerprint density at radius 1 is 1.33 bits per heavy atom. The van der Waals surface area contributed by atoms with Crippen molar-refractivity contribution in [2.45, 2.75) is 25.4 Å². The van der Waals surface area contributed by atoms with Gasteiger partial charge in [-0.3, -0.25) is 0 Å². The van der Waals surface area contributed by atoms with Crippen molar-refractivity contribution in [3.63, 3.8) is 0 Å². The summed E-state index contributed by atoms with van der Waals surface area (Å²) in [4.78, 5) is 0. The summed E-state index contributed by atoms with van der Waals surface area (Å²) < 4.78 is 29.1. The zero-order valence-electron chi connectivity index (χ0n) is 10.7. The fourth-order valence-corrected chi connectivity index (χ4v) is 3.97. The van der Waals surface area contributed by atoms with Crippen molar-refractivity contribution in [3.05, 3.63) is 29.8 Å². The van der Waals surface area contributed by atoms with Gasteiger partial charge in [0.05, 0.1) is 18.6 Å². The lowest BCUT2D eigenvalue weighted by Gasteiger charge is -2.21. The van der Waals surface area contributed by atoms with Gasteiger partial charge in [0, 0.05) is 17.6 Å². The maximum absolute atomic E-state index is 11.9. The lowest BCUT2D eigenvalue weighted by molar-refractivity contribution is 0.396. The van der Waals surface area contributed by atoms with Crippen LogP contribution < -0.4 is 10.1 Å². The molecule has 100 valence electrons. The van der Waals surface area contributed by atoms with Gasteiger partial charge in [0.25, 0.3) is 0 Å². The van der Waals surface area contributed by atoms with E-state index in [1.54, 1.807) is 7.11 Å². The fourth-order valence-electron chi connectivity index (χ4n) is 2.30. The standard InChI is InChI=1S/C13H19NO3S/c1-10-7-8-18(15,16)9-12(14-10)11-5-3-4-6-13(11)17-2/h3-6,10,12,14H,7-9H2,1-2H3. The van der Waals surface area contributed by atoms with Crippen molar-refractivity contribution < 1.29 is 13.2 Å². The van der Waals surface area contributed by atoms with Crippen molar-refractivity contribution in [3.8, 4) is 5.75 Å². The van der Waals surface area contributed by atoms with Crippen molar-refractivity contribution in [2.75, 3.05) is 18.6 Å². The largest absolute Gasteiger partial charge is 0.496 e. The molecule has 2 rings (SSSR count). The summed E-state index contributed by atoms with van der Waals surface area (Å²) in [6.45, 7) is 2.02. The minimum Gasteiger partial charge on any atom is -0.496 e. The van der Waals surface area contributed by atoms with Crippen molar-refractivity contribution >= 4 is 9.84 Å². The summed E-state index contributed by atoms with van der Waals surface area (Å²) in [5.74, 6) is 1.13. The van der Waals surface area contributed by atoms with Gasteiger partial charge in [0.2, 0.25) is 0 Å². The Morgan fingerprint density at radius 2 is 2.06 bits per heavy atom. The van der Waals surface area contributed by atoms with Crippen LogP contribution in [0.3, 0.4) is 0 Å². The van der Waals surface area contributed by atoms with E-state index in [9.17, 15) is 8.42 Å². The van der Waals surface area contributed by atoms with E-state index >= 15 is 0 Å². The average molecular weight is 269 g/mol. The highest BCUT2D eigenvalue weighted by Crippen LogP contribution is 2.28. The van der Waals surface area contributed by atoms with Gasteiger partial charge < -0.3 is 10.1 Å². The first kappa shape index (κ1) is 13.4. The van der Waals surface area contributed by atoms with Crippen LogP contribution in [0.15, 0.2) is 24.3 Å². The summed E-state index contributed by atoms with van der Waals surface area (Å²) in [5, 5.41) is 3.37. The Hall–Kier alpha value is -1.07. The second kappa shape index (κ2) is 5.28. The highest BCUT2D eigenvalue weighted by atomic mass is 32.2. The van der Waals surface area contributed by atoms with Crippen molar-refractivity contribution in [2.24, 2.45) is 0 Å². The number of hydrogen-bond donors (Lipinski definition) is 1. The van der Waals surface area contributed by atoms with E-state index in [1.807, 2.05) is 31.2 Å². The van der Waals surface area contributed by atoms with Crippen LogP contribution in [0, 0.1) is 0 Å². The fraction of sp³-hybridized carbons (Fsp3) is 0.538. The van der Waals surface area contributed by atoms with E-state index in [4.69, 9.17) is 4.74 Å². The smallest absolute Gasteiger partial charge is 0.152 e. The maximum atomic E-state index is 11.9. The zero-order valence-corrected chi connectivity index (χ0v) is 11.5. The first-order valence-electron chi connectivity index (χ1n) is 6.11. The van der Waals surface area contributed by atoms with Crippen LogP contribution in [-0.4, -0.2) is 33.1 Å². The second-order valence-corrected chi connectivity index (χ2v) is 6.99. The molecule has 1 heterocycles. The molecule has 0 amide bonds. The van der Waals surface area contributed by atoms with Crippen LogP contribution in [0.2, 0.25) is 0 Å². The molecule has 0 spiro atoms. The van der Waals surface area contributed by atoms with Crippen molar-refractivity contribution in [1.29, 1.82) is 0 Å². The number of methoxy groups -OCH3 is 1. The maximum Gasteiger partial charge on any atom is 0.152 e. The van der Waals surface area contributed by atoms with Gasteiger partial charge in [-0.05, 0) is 19.4 Å². The first-order chi connectivity index (χ1) is 8.52. The quantitative estimate of drug-likeness (QED) is 0.884. The molecule has 0 bridgehead atoms. The second-order valence-electron chi connectivity index (χ2n) is 4.77. The Balaban J connectivity index is 2.35. The molecule has 1 aromatic carbocycles. The van der Waals surface area contributed by atoms with Gasteiger partial charge in [0.1, 0.15) is 5.75 Å². The highest BCUT2D eigenvalue weighted by molar-refractivity contribution is 7.91. The average Bonchev–Trinajstić information content (AvgIpc) is 2.48. The summed E-state index contributed by atoms with van der Waals surface area (Å²) in [5.41, 5.74) is 0.914. The van der Waals surface area contributed by atoms with Gasteiger partial charge in [0.15, 0.2) is 9.84 Å². The van der Waals surface area contributed by atoms with Gasteiger partial charge >= 0.3 is 0 Å². The molecule has 1 saturated heterocycles. The molecular formula is C13H19NO3S. The van der Waals surface area contributed by atoms with E-state index < -0.39 is 9.84 Å². The van der Waals surface area contributed by atoms with Crippen LogP contribution in [0.25, 0.3) is 0 Å². The van der Waals surface area contributed by atoms with E-state index in [-0.39, 0.29) is 23.6 Å². The number of benzene rings is 1. The van der Waals surface area contributed by atoms with Crippen LogP contribution >= 0.6 is 0 Å². The molecular weight excluding hydrogens is 250 g/mol. The molecule has 1 fully saturated rings. The summed E-state index contributed by atoms with van der Waals surface area (Å²) in [6.07, 6.45) is 0.661. The Labute approximate surface area is 108 Å². The molecule has 0 aromatic heterocycles. The third-order valence-corrected chi connectivity index (χ3v) is 4.98. The van der Waals surface area contributed by atoms with Gasteiger partial charge in [-0.2, -0.15) is 0 Å². The van der Waals surface area contributed by atoms with Gasteiger partial charge in [-0.15, -0.1) is 0 Å². The van der Waals surface area contributed by atoms with Crippen molar-refractivity contribution in [1.82, 2.24) is 5.32 Å². The van der Waals surface area contributed by atoms with E-state index in [1.165, 1.54) is 0 Å². The molecule has 1 N–H and O–H groups in total. The van der Waals surface area contributed by atoms with Crippen LogP contribution in [0.1, 0.15) is 24.9 Å². The van der Waals surface area contributed by atoms with Crippen LogP contribution in [0.5, 0.6) is 5.75 Å². The highest BCUT2D eigenvalue weighted by Gasteiger charge is 2.28. The minimum atomic E-state index is -2.99. The SMILES string of the molecule is COc1ccccc1C1CS(=O)(=O)CCC(C)N1. The van der Waals surface area contributed by atoms with E-state index in [0.29, 0.717) is 6.42 Å². The molecule has 0 aliphatic carbocycles. The number of nitrogens with one attached hydrogen (secondary N) is 1. The van der Waals surface area contributed by atoms with Gasteiger partial charge in [-0.1, -0.05) is 18.2 Å². The molecule has 1 aromatic rings. The van der Waals surface area contributed by atoms with Gasteiger partial charge in [-0.25, -0.2) is 8.42 Å². The molecule has 0 saturated carbocycles. The van der Waals surface area contributed by atoms with E-state index in [2.05, 4.69) is 5.32 Å². The minimum absolute atomic E-state index is 0.137. The molecule has 5 heteroatoms. The molecule has 2 atom stereocenters. The third-order valence-electron chi connectivity index (χ3n) is 3.28. The normalized spacial score (nSPS) is 27.4. The monoisotopic (exact) mass is 269 g/mol. The molecule has 18 heavy (non-hydrogen) atoms. The molecule has 2 unspecified atom stereocenters. The molecule has 1 aliphatic heterocycles. The Kier molecular flexibility index (Phi) is 3.92. The topological polar surface area (TPSA) is 55.4 Å². The number of hydrogen-bond acceptors (Lipinski definition) is 4. The predicted molar refractivity (Wildman–Crippen MR) is 71.6 cm³/mol. The van der Waals surface area contributed by atoms with E-state index in [0.717, 1.165) is 11.3 Å². The number of rotatable bonds is 2. The Bertz CT molecular complexity index is 513. The summed E-state index contributed by atoms with van der Waals surface area (Å²) in [6, 6.07) is 7.57. The molecule has 0 radical (unpaired) electrons. The van der Waals surface area contributed by atoms with Crippen LogP contribution in [0.4, 0.5) is 0 Å². The third kappa shape index (κ3) is 3.03. The number of para-hydroxylation sites is 1. The Morgan fingerprint density at radius 3 is 2.78 bits per heavy atom. The summed E-state index contributed by atoms with van der Waals surface area (Å²) in [7, 11) is -1.39. The van der Waals surface area contributed by atoms with Crippen LogP contribution in [-0.2, 0) is 9.84 Å². The molecule has 1 aliphatic rings. The predicted octanol–water partition coefficient (Wildman–Crippen LogP) is 1.53. The number of sulfone groups is 1. The lowest BCUT2D eigenvalue weighted by atomic mass is 10.1. The lowest BCUT2D eigenvalue weighted by Crippen LogP contribution is -2.31. The first-order valence-corrected chi connectivity index (χ1v) is 7.93. The zero-order chi connectivity index (χ0) is 13.2. The number of ether oxygens (including phenoxy) is 1. The molecule has 4 nitrogen and oxygen atoms in total. The summed E-state index contributed by atoms with van der Waals surface area (Å²) >= 11 is 0.